The van der Waals surface area contributed by atoms with E-state index in [9.17, 15) is 9.59 Å². The zero-order valence-corrected chi connectivity index (χ0v) is 14.0. The molecule has 1 aromatic rings. The molecule has 0 spiro atoms. The van der Waals surface area contributed by atoms with Crippen molar-refractivity contribution < 1.29 is 14.3 Å². The SMILES string of the molecule is CC(C)(C)OC(=O)N1CCCC1CNC(=O)Nc1ccccc1. The van der Waals surface area contributed by atoms with Gasteiger partial charge in [-0.15, -0.1) is 0 Å². The molecule has 1 aromatic carbocycles. The molecular formula is C17H25N3O3. The van der Waals surface area contributed by atoms with Crippen LogP contribution in [0.15, 0.2) is 30.3 Å². The Balaban J connectivity index is 1.82. The number of ether oxygens (including phenoxy) is 1. The zero-order chi connectivity index (χ0) is 16.9. The monoisotopic (exact) mass is 319 g/mol. The molecule has 1 unspecified atom stereocenters. The van der Waals surface area contributed by atoms with E-state index in [0.717, 1.165) is 18.5 Å². The quantitative estimate of drug-likeness (QED) is 0.898. The van der Waals surface area contributed by atoms with E-state index in [1.807, 2.05) is 51.1 Å². The number of nitrogens with zero attached hydrogens (tertiary/aromatic N) is 1. The Morgan fingerprint density at radius 1 is 1.26 bits per heavy atom. The number of anilines is 1. The lowest BCUT2D eigenvalue weighted by Gasteiger charge is -2.28. The summed E-state index contributed by atoms with van der Waals surface area (Å²) in [6.07, 6.45) is 1.47. The molecule has 1 atom stereocenters. The molecular weight excluding hydrogens is 294 g/mol. The Morgan fingerprint density at radius 2 is 1.96 bits per heavy atom. The molecule has 2 N–H and O–H groups in total. The fourth-order valence-electron chi connectivity index (χ4n) is 2.52. The van der Waals surface area contributed by atoms with Crippen molar-refractivity contribution in [3.05, 3.63) is 30.3 Å². The summed E-state index contributed by atoms with van der Waals surface area (Å²) >= 11 is 0. The van der Waals surface area contributed by atoms with Crippen molar-refractivity contribution in [2.24, 2.45) is 0 Å². The molecule has 3 amide bonds. The van der Waals surface area contributed by atoms with E-state index < -0.39 is 5.60 Å². The Hall–Kier alpha value is -2.24. The van der Waals surface area contributed by atoms with Crippen LogP contribution in [0, 0.1) is 0 Å². The molecule has 1 aliphatic heterocycles. The molecule has 0 bridgehead atoms. The summed E-state index contributed by atoms with van der Waals surface area (Å²) in [5.41, 5.74) is 0.225. The van der Waals surface area contributed by atoms with Crippen LogP contribution in [0.5, 0.6) is 0 Å². The third-order valence-electron chi connectivity index (χ3n) is 3.54. The summed E-state index contributed by atoms with van der Waals surface area (Å²) in [7, 11) is 0. The van der Waals surface area contributed by atoms with E-state index in [0.29, 0.717) is 13.1 Å². The van der Waals surface area contributed by atoms with Crippen molar-refractivity contribution in [1.82, 2.24) is 10.2 Å². The minimum absolute atomic E-state index is 0.0219. The molecule has 0 aliphatic carbocycles. The first-order valence-corrected chi connectivity index (χ1v) is 7.95. The Labute approximate surface area is 137 Å². The van der Waals surface area contributed by atoms with Gasteiger partial charge in [0, 0.05) is 18.8 Å². The van der Waals surface area contributed by atoms with Crippen molar-refractivity contribution in [2.75, 3.05) is 18.4 Å². The van der Waals surface area contributed by atoms with Crippen LogP contribution in [0.3, 0.4) is 0 Å². The first kappa shape index (κ1) is 17.1. The van der Waals surface area contributed by atoms with Gasteiger partial charge in [0.2, 0.25) is 0 Å². The number of hydrogen-bond donors (Lipinski definition) is 2. The number of likely N-dealkylation sites (tertiary alicyclic amines) is 1. The van der Waals surface area contributed by atoms with E-state index in [2.05, 4.69) is 10.6 Å². The summed E-state index contributed by atoms with van der Waals surface area (Å²) in [6.45, 7) is 6.63. The first-order chi connectivity index (χ1) is 10.8. The number of carbonyl (C=O) groups is 2. The molecule has 1 aliphatic rings. The maximum atomic E-state index is 12.2. The van der Waals surface area contributed by atoms with Gasteiger partial charge in [-0.1, -0.05) is 18.2 Å². The highest BCUT2D eigenvalue weighted by molar-refractivity contribution is 5.89. The highest BCUT2D eigenvalue weighted by atomic mass is 16.6. The van der Waals surface area contributed by atoms with Crippen molar-refractivity contribution in [3.8, 4) is 0 Å². The Morgan fingerprint density at radius 3 is 2.61 bits per heavy atom. The van der Waals surface area contributed by atoms with Crippen molar-refractivity contribution in [2.45, 2.75) is 45.3 Å². The third-order valence-corrected chi connectivity index (χ3v) is 3.54. The van der Waals surface area contributed by atoms with Crippen LogP contribution >= 0.6 is 0 Å². The number of hydrogen-bond acceptors (Lipinski definition) is 3. The van der Waals surface area contributed by atoms with E-state index in [1.165, 1.54) is 0 Å². The van der Waals surface area contributed by atoms with E-state index in [-0.39, 0.29) is 18.2 Å². The first-order valence-electron chi connectivity index (χ1n) is 7.95. The predicted molar refractivity (Wildman–Crippen MR) is 89.4 cm³/mol. The molecule has 0 saturated carbocycles. The topological polar surface area (TPSA) is 70.7 Å². The molecule has 1 fully saturated rings. The Bertz CT molecular complexity index is 540. The third kappa shape index (κ3) is 5.47. The lowest BCUT2D eigenvalue weighted by atomic mass is 10.2. The lowest BCUT2D eigenvalue weighted by Crippen LogP contribution is -2.45. The van der Waals surface area contributed by atoms with Gasteiger partial charge in [-0.2, -0.15) is 0 Å². The number of carbonyl (C=O) groups excluding carboxylic acids is 2. The van der Waals surface area contributed by atoms with Crippen LogP contribution in [-0.4, -0.2) is 41.8 Å². The number of benzene rings is 1. The maximum absolute atomic E-state index is 12.2. The number of amides is 3. The summed E-state index contributed by atoms with van der Waals surface area (Å²) in [5, 5.41) is 5.58. The van der Waals surface area contributed by atoms with Gasteiger partial charge in [0.15, 0.2) is 0 Å². The van der Waals surface area contributed by atoms with Gasteiger partial charge >= 0.3 is 12.1 Å². The van der Waals surface area contributed by atoms with E-state index in [4.69, 9.17) is 4.74 Å². The lowest BCUT2D eigenvalue weighted by molar-refractivity contribution is 0.0228. The van der Waals surface area contributed by atoms with Crippen LogP contribution in [0.25, 0.3) is 0 Å². The number of rotatable bonds is 3. The second-order valence-corrected chi connectivity index (χ2v) is 6.67. The highest BCUT2D eigenvalue weighted by Gasteiger charge is 2.32. The number of urea groups is 1. The van der Waals surface area contributed by atoms with Gasteiger partial charge in [-0.3, -0.25) is 0 Å². The maximum Gasteiger partial charge on any atom is 0.410 e. The van der Waals surface area contributed by atoms with Crippen molar-refractivity contribution >= 4 is 17.8 Å². The molecule has 6 nitrogen and oxygen atoms in total. The molecule has 23 heavy (non-hydrogen) atoms. The van der Waals surface area contributed by atoms with Crippen molar-refractivity contribution in [3.63, 3.8) is 0 Å². The van der Waals surface area contributed by atoms with Crippen molar-refractivity contribution in [1.29, 1.82) is 0 Å². The molecule has 1 heterocycles. The minimum atomic E-state index is -0.512. The van der Waals surface area contributed by atoms with Gasteiger partial charge in [0.25, 0.3) is 0 Å². The molecule has 1 saturated heterocycles. The standard InChI is InChI=1S/C17H25N3O3/c1-17(2,3)23-16(22)20-11-7-10-14(20)12-18-15(21)19-13-8-5-4-6-9-13/h4-6,8-9,14H,7,10-12H2,1-3H3,(H2,18,19,21). The second-order valence-electron chi connectivity index (χ2n) is 6.67. The predicted octanol–water partition coefficient (Wildman–Crippen LogP) is 3.21. The van der Waals surface area contributed by atoms with Crippen LogP contribution in [0.4, 0.5) is 15.3 Å². The van der Waals surface area contributed by atoms with Crippen LogP contribution < -0.4 is 10.6 Å². The zero-order valence-electron chi connectivity index (χ0n) is 14.0. The molecule has 126 valence electrons. The second kappa shape index (κ2) is 7.35. The Kier molecular flexibility index (Phi) is 5.47. The fourth-order valence-corrected chi connectivity index (χ4v) is 2.52. The number of nitrogens with one attached hydrogen (secondary N) is 2. The van der Waals surface area contributed by atoms with Gasteiger partial charge in [-0.05, 0) is 45.7 Å². The van der Waals surface area contributed by atoms with Crippen LogP contribution in [-0.2, 0) is 4.74 Å². The average molecular weight is 319 g/mol. The van der Waals surface area contributed by atoms with Gasteiger partial charge in [0.1, 0.15) is 5.60 Å². The molecule has 2 rings (SSSR count). The largest absolute Gasteiger partial charge is 0.444 e. The summed E-state index contributed by atoms with van der Waals surface area (Å²) in [4.78, 5) is 25.8. The van der Waals surface area contributed by atoms with Crippen LogP contribution in [0.2, 0.25) is 0 Å². The van der Waals surface area contributed by atoms with Gasteiger partial charge < -0.3 is 20.3 Å². The summed E-state index contributed by atoms with van der Waals surface area (Å²) < 4.78 is 5.41. The molecule has 0 aromatic heterocycles. The molecule has 0 radical (unpaired) electrons. The van der Waals surface area contributed by atoms with Gasteiger partial charge in [0.05, 0.1) is 6.04 Å². The smallest absolute Gasteiger partial charge is 0.410 e. The summed E-state index contributed by atoms with van der Waals surface area (Å²) in [5.74, 6) is 0. The minimum Gasteiger partial charge on any atom is -0.444 e. The van der Waals surface area contributed by atoms with Crippen LogP contribution in [0.1, 0.15) is 33.6 Å². The van der Waals surface area contributed by atoms with Gasteiger partial charge in [-0.25, -0.2) is 9.59 Å². The fraction of sp³-hybridized carbons (Fsp3) is 0.529. The van der Waals surface area contributed by atoms with E-state index >= 15 is 0 Å². The van der Waals surface area contributed by atoms with E-state index in [1.54, 1.807) is 4.90 Å². The summed E-state index contributed by atoms with van der Waals surface area (Å²) in [6, 6.07) is 8.96. The normalized spacial score (nSPS) is 17.7. The molecule has 6 heteroatoms. The number of para-hydroxylation sites is 1. The average Bonchev–Trinajstić information content (AvgIpc) is 2.93. The highest BCUT2D eigenvalue weighted by Crippen LogP contribution is 2.20.